The van der Waals surface area contributed by atoms with Crippen molar-refractivity contribution >= 4 is 18.1 Å². The molecule has 1 aromatic heterocycles. The van der Waals surface area contributed by atoms with Crippen LogP contribution in [-0.4, -0.2) is 15.6 Å². The number of carbonyl (C=O) groups excluding carboxylic acids is 1. The molecular formula is C13H7ClF4N2O4. The van der Waals surface area contributed by atoms with Crippen LogP contribution in [0.25, 0.3) is 5.69 Å². The Morgan fingerprint density at radius 2 is 1.83 bits per heavy atom. The van der Waals surface area contributed by atoms with Gasteiger partial charge in [-0.3, -0.25) is 14.2 Å². The first kappa shape index (κ1) is 17.7. The summed E-state index contributed by atoms with van der Waals surface area (Å²) >= 11 is 5.62. The highest BCUT2D eigenvalue weighted by molar-refractivity contribution is 6.32. The minimum atomic E-state index is -4.95. The number of carbonyl (C=O) groups is 1. The van der Waals surface area contributed by atoms with E-state index >= 15 is 0 Å². The molecule has 0 radical (unpaired) electrons. The molecule has 1 aromatic carbocycles. The Labute approximate surface area is 135 Å². The molecule has 0 bridgehead atoms. The van der Waals surface area contributed by atoms with Gasteiger partial charge >= 0.3 is 11.9 Å². The third kappa shape index (κ3) is 3.04. The standard InChI is InChI=1S/C13H7ClF4N2O4/c1-19-10(13(16,17)18)4-11(22)20(12(19)23)8-3-9(24-5-21)6(14)2-7(8)15/h2-5H,1H3. The Balaban J connectivity index is 2.82. The summed E-state index contributed by atoms with van der Waals surface area (Å²) in [6.45, 7) is -0.0312. The van der Waals surface area contributed by atoms with Crippen LogP contribution in [0.5, 0.6) is 5.75 Å². The van der Waals surface area contributed by atoms with Crippen LogP contribution < -0.4 is 16.0 Å². The van der Waals surface area contributed by atoms with E-state index in [0.29, 0.717) is 6.07 Å². The molecule has 0 amide bonds. The van der Waals surface area contributed by atoms with Crippen molar-refractivity contribution in [2.24, 2.45) is 7.05 Å². The second kappa shape index (κ2) is 6.11. The molecule has 24 heavy (non-hydrogen) atoms. The Morgan fingerprint density at radius 3 is 2.38 bits per heavy atom. The lowest BCUT2D eigenvalue weighted by Crippen LogP contribution is -2.41. The lowest BCUT2D eigenvalue weighted by atomic mass is 10.2. The number of rotatable bonds is 3. The minimum absolute atomic E-state index is 0.0312. The number of hydrogen-bond donors (Lipinski definition) is 0. The van der Waals surface area contributed by atoms with Crippen LogP contribution in [0.1, 0.15) is 5.69 Å². The molecule has 0 N–H and O–H groups in total. The second-order valence-electron chi connectivity index (χ2n) is 4.49. The largest absolute Gasteiger partial charge is 0.431 e. The van der Waals surface area contributed by atoms with Crippen LogP contribution in [0.3, 0.4) is 0 Å². The van der Waals surface area contributed by atoms with Crippen molar-refractivity contribution in [2.75, 3.05) is 0 Å². The van der Waals surface area contributed by atoms with E-state index in [0.717, 1.165) is 13.1 Å². The van der Waals surface area contributed by atoms with E-state index in [2.05, 4.69) is 4.74 Å². The van der Waals surface area contributed by atoms with E-state index in [1.807, 2.05) is 0 Å². The summed E-state index contributed by atoms with van der Waals surface area (Å²) in [6.07, 6.45) is -4.95. The molecule has 2 aromatic rings. The molecular weight excluding hydrogens is 360 g/mol. The topological polar surface area (TPSA) is 70.3 Å². The first-order chi connectivity index (χ1) is 11.1. The molecule has 0 atom stereocenters. The highest BCUT2D eigenvalue weighted by atomic mass is 35.5. The summed E-state index contributed by atoms with van der Waals surface area (Å²) in [6, 6.07) is 1.55. The molecule has 6 nitrogen and oxygen atoms in total. The van der Waals surface area contributed by atoms with Crippen molar-refractivity contribution < 1.29 is 27.1 Å². The maximum Gasteiger partial charge on any atom is 0.431 e. The van der Waals surface area contributed by atoms with Gasteiger partial charge in [0.25, 0.3) is 12.0 Å². The molecule has 0 aliphatic carbocycles. The maximum atomic E-state index is 14.0. The zero-order chi connectivity index (χ0) is 18.2. The summed E-state index contributed by atoms with van der Waals surface area (Å²) in [4.78, 5) is 34.4. The predicted octanol–water partition coefficient (Wildman–Crippen LogP) is 1.88. The average Bonchev–Trinajstić information content (AvgIpc) is 2.46. The van der Waals surface area contributed by atoms with Crippen molar-refractivity contribution in [3.63, 3.8) is 0 Å². The molecule has 0 unspecified atom stereocenters. The van der Waals surface area contributed by atoms with E-state index < -0.39 is 34.6 Å². The number of aromatic nitrogens is 2. The number of alkyl halides is 3. The molecule has 0 spiro atoms. The van der Waals surface area contributed by atoms with E-state index in [-0.39, 0.29) is 32.4 Å². The van der Waals surface area contributed by atoms with Gasteiger partial charge in [0.15, 0.2) is 5.75 Å². The summed E-state index contributed by atoms with van der Waals surface area (Å²) in [5.41, 5.74) is -5.06. The first-order valence-corrected chi connectivity index (χ1v) is 6.45. The van der Waals surface area contributed by atoms with Crippen LogP contribution in [-0.2, 0) is 18.0 Å². The van der Waals surface area contributed by atoms with Gasteiger partial charge < -0.3 is 4.74 Å². The van der Waals surface area contributed by atoms with E-state index in [1.54, 1.807) is 0 Å². The van der Waals surface area contributed by atoms with Crippen LogP contribution in [0, 0.1) is 5.82 Å². The lowest BCUT2D eigenvalue weighted by Gasteiger charge is -2.14. The van der Waals surface area contributed by atoms with Gasteiger partial charge in [0, 0.05) is 19.2 Å². The quantitative estimate of drug-likeness (QED) is 0.614. The fraction of sp³-hybridized carbons (Fsp3) is 0.154. The average molecular weight is 367 g/mol. The first-order valence-electron chi connectivity index (χ1n) is 6.08. The predicted molar refractivity (Wildman–Crippen MR) is 73.9 cm³/mol. The molecule has 0 aliphatic heterocycles. The smallest absolute Gasteiger partial charge is 0.427 e. The Hall–Kier alpha value is -2.62. The maximum absolute atomic E-state index is 14.0. The van der Waals surface area contributed by atoms with E-state index in [1.165, 1.54) is 0 Å². The van der Waals surface area contributed by atoms with Gasteiger partial charge in [-0.25, -0.2) is 13.8 Å². The molecule has 2 rings (SSSR count). The third-order valence-corrected chi connectivity index (χ3v) is 3.32. The molecule has 128 valence electrons. The summed E-state index contributed by atoms with van der Waals surface area (Å²) in [7, 11) is 0.776. The van der Waals surface area contributed by atoms with Crippen molar-refractivity contribution in [3.8, 4) is 11.4 Å². The number of nitrogens with zero attached hydrogens (tertiary/aromatic N) is 2. The van der Waals surface area contributed by atoms with Crippen LogP contribution in [0.4, 0.5) is 17.6 Å². The van der Waals surface area contributed by atoms with Crippen LogP contribution >= 0.6 is 11.6 Å². The van der Waals surface area contributed by atoms with Crippen molar-refractivity contribution in [1.29, 1.82) is 0 Å². The number of benzene rings is 1. The Morgan fingerprint density at radius 1 is 1.21 bits per heavy atom. The number of halogens is 5. The Kier molecular flexibility index (Phi) is 4.52. The molecule has 0 aliphatic rings. The summed E-state index contributed by atoms with van der Waals surface area (Å²) in [5.74, 6) is -1.55. The summed E-state index contributed by atoms with van der Waals surface area (Å²) in [5, 5.41) is -0.333. The normalized spacial score (nSPS) is 11.4. The molecule has 0 saturated carbocycles. The fourth-order valence-electron chi connectivity index (χ4n) is 1.95. The Bertz CT molecular complexity index is 933. The third-order valence-electron chi connectivity index (χ3n) is 3.03. The van der Waals surface area contributed by atoms with Crippen LogP contribution in [0.15, 0.2) is 27.8 Å². The van der Waals surface area contributed by atoms with Gasteiger partial charge in [-0.1, -0.05) is 11.6 Å². The molecule has 0 fully saturated rings. The van der Waals surface area contributed by atoms with E-state index in [4.69, 9.17) is 11.6 Å². The zero-order valence-corrected chi connectivity index (χ0v) is 12.5. The molecule has 11 heteroatoms. The minimum Gasteiger partial charge on any atom is -0.427 e. The summed E-state index contributed by atoms with van der Waals surface area (Å²) < 4.78 is 57.1. The van der Waals surface area contributed by atoms with Gasteiger partial charge in [0.05, 0.1) is 10.7 Å². The van der Waals surface area contributed by atoms with Gasteiger partial charge in [-0.05, 0) is 6.07 Å². The van der Waals surface area contributed by atoms with Crippen LogP contribution in [0.2, 0.25) is 5.02 Å². The van der Waals surface area contributed by atoms with Crippen molar-refractivity contribution in [2.45, 2.75) is 6.18 Å². The number of hydrogen-bond acceptors (Lipinski definition) is 4. The SMILES string of the molecule is Cn1c(C(F)(F)F)cc(=O)n(-c2cc(OC=O)c(Cl)cc2F)c1=O. The second-order valence-corrected chi connectivity index (χ2v) is 4.90. The number of ether oxygens (including phenoxy) is 1. The van der Waals surface area contributed by atoms with Crippen molar-refractivity contribution in [3.05, 3.63) is 55.6 Å². The van der Waals surface area contributed by atoms with E-state index in [9.17, 15) is 31.9 Å². The lowest BCUT2D eigenvalue weighted by molar-refractivity contribution is -0.144. The van der Waals surface area contributed by atoms with Gasteiger partial charge in [-0.2, -0.15) is 13.2 Å². The molecule has 1 heterocycles. The highest BCUT2D eigenvalue weighted by Gasteiger charge is 2.35. The van der Waals surface area contributed by atoms with Crippen molar-refractivity contribution in [1.82, 2.24) is 9.13 Å². The zero-order valence-electron chi connectivity index (χ0n) is 11.7. The van der Waals surface area contributed by atoms with Gasteiger partial charge in [0.1, 0.15) is 11.5 Å². The molecule has 0 saturated heterocycles. The van der Waals surface area contributed by atoms with Gasteiger partial charge in [-0.15, -0.1) is 0 Å². The fourth-order valence-corrected chi connectivity index (χ4v) is 2.15. The highest BCUT2D eigenvalue weighted by Crippen LogP contribution is 2.29. The monoisotopic (exact) mass is 366 g/mol. The van der Waals surface area contributed by atoms with Gasteiger partial charge in [0.2, 0.25) is 0 Å².